The highest BCUT2D eigenvalue weighted by atomic mass is 79.9. The molecule has 0 aliphatic carbocycles. The molecule has 0 aliphatic rings. The van der Waals surface area contributed by atoms with Gasteiger partial charge in [0.1, 0.15) is 10.7 Å². The van der Waals surface area contributed by atoms with Crippen LogP contribution >= 0.6 is 43.5 Å². The Bertz CT molecular complexity index is 438. The lowest BCUT2D eigenvalue weighted by Gasteiger charge is -1.93. The molecule has 0 fully saturated rings. The maximum absolute atomic E-state index is 5.86. The van der Waals surface area contributed by atoms with Gasteiger partial charge in [-0.05, 0) is 28.1 Å². The quantitative estimate of drug-likeness (QED) is 0.789. The topological polar surface area (TPSA) is 28.7 Å². The van der Waals surface area contributed by atoms with Gasteiger partial charge in [0.25, 0.3) is 0 Å². The van der Waals surface area contributed by atoms with Crippen LogP contribution in [0.2, 0.25) is 5.15 Å². The number of halogens is 3. The normalized spacial score (nSPS) is 10.9. The number of aromatic amines is 1. The molecule has 0 saturated carbocycles. The van der Waals surface area contributed by atoms with Crippen LogP contribution in [0.3, 0.4) is 0 Å². The number of H-pyrrole nitrogens is 1. The number of aromatic nitrogens is 2. The van der Waals surface area contributed by atoms with Gasteiger partial charge in [-0.25, -0.2) is 0 Å². The second-order valence-electron chi connectivity index (χ2n) is 2.32. The van der Waals surface area contributed by atoms with Crippen molar-refractivity contribution in [3.8, 4) is 0 Å². The molecule has 0 spiro atoms. The fourth-order valence-corrected chi connectivity index (χ4v) is 2.51. The number of nitrogens with one attached hydrogen (secondary N) is 1. The Morgan fingerprint density at radius 2 is 2.08 bits per heavy atom. The van der Waals surface area contributed by atoms with E-state index in [1.165, 1.54) is 0 Å². The van der Waals surface area contributed by atoms with E-state index in [1.807, 2.05) is 12.1 Å². The molecule has 5 heteroatoms. The van der Waals surface area contributed by atoms with Crippen molar-refractivity contribution in [1.29, 1.82) is 0 Å². The highest BCUT2D eigenvalue weighted by molar-refractivity contribution is 9.11. The first-order valence-corrected chi connectivity index (χ1v) is 5.13. The molecule has 1 N–H and O–H groups in total. The molecule has 0 radical (unpaired) electrons. The molecule has 0 unspecified atom stereocenters. The Balaban J connectivity index is 2.92. The van der Waals surface area contributed by atoms with E-state index in [-0.39, 0.29) is 0 Å². The minimum Gasteiger partial charge on any atom is -0.266 e. The average Bonchev–Trinajstić information content (AvgIpc) is 2.33. The third-order valence-corrected chi connectivity index (χ3v) is 2.88. The Hall–Kier alpha value is -0.0600. The van der Waals surface area contributed by atoms with E-state index in [2.05, 4.69) is 42.1 Å². The van der Waals surface area contributed by atoms with Gasteiger partial charge in [-0.1, -0.05) is 27.5 Å². The SMILES string of the molecule is Clc1[nH]nc2c(Br)cc(Br)cc12. The van der Waals surface area contributed by atoms with Crippen LogP contribution in [0.25, 0.3) is 10.9 Å². The first-order chi connectivity index (χ1) is 5.68. The van der Waals surface area contributed by atoms with E-state index in [4.69, 9.17) is 11.6 Å². The molecular formula is C7H3Br2ClN2. The highest BCUT2D eigenvalue weighted by Crippen LogP contribution is 2.30. The van der Waals surface area contributed by atoms with Gasteiger partial charge in [-0.3, -0.25) is 5.10 Å². The summed E-state index contributed by atoms with van der Waals surface area (Å²) in [5, 5.41) is 8.22. The number of benzene rings is 1. The minimum absolute atomic E-state index is 0.562. The molecule has 1 aromatic carbocycles. The van der Waals surface area contributed by atoms with Gasteiger partial charge in [0.15, 0.2) is 0 Å². The van der Waals surface area contributed by atoms with E-state index in [0.717, 1.165) is 19.8 Å². The molecule has 62 valence electrons. The fourth-order valence-electron chi connectivity index (χ4n) is 1.01. The lowest BCUT2D eigenvalue weighted by molar-refractivity contribution is 1.12. The van der Waals surface area contributed by atoms with Crippen LogP contribution in [0, 0.1) is 0 Å². The van der Waals surface area contributed by atoms with E-state index < -0.39 is 0 Å². The molecular weight excluding hydrogens is 307 g/mol. The van der Waals surface area contributed by atoms with Crippen molar-refractivity contribution in [2.24, 2.45) is 0 Å². The second kappa shape index (κ2) is 3.01. The Labute approximate surface area is 90.5 Å². The van der Waals surface area contributed by atoms with Crippen molar-refractivity contribution in [2.75, 3.05) is 0 Å². The number of fused-ring (bicyclic) bond motifs is 1. The largest absolute Gasteiger partial charge is 0.266 e. The van der Waals surface area contributed by atoms with Gasteiger partial charge >= 0.3 is 0 Å². The van der Waals surface area contributed by atoms with Crippen LogP contribution in [0.5, 0.6) is 0 Å². The molecule has 0 amide bonds. The summed E-state index contributed by atoms with van der Waals surface area (Å²) in [4.78, 5) is 0. The molecule has 2 nitrogen and oxygen atoms in total. The summed E-state index contributed by atoms with van der Waals surface area (Å²) in [6, 6.07) is 3.85. The van der Waals surface area contributed by atoms with Crippen molar-refractivity contribution >= 4 is 54.4 Å². The molecule has 0 atom stereocenters. The third kappa shape index (κ3) is 1.28. The molecule has 2 rings (SSSR count). The first kappa shape index (κ1) is 8.53. The van der Waals surface area contributed by atoms with Crippen LogP contribution in [0.1, 0.15) is 0 Å². The number of hydrogen-bond acceptors (Lipinski definition) is 1. The van der Waals surface area contributed by atoms with Crippen LogP contribution in [0.15, 0.2) is 21.1 Å². The first-order valence-electron chi connectivity index (χ1n) is 3.17. The summed E-state index contributed by atoms with van der Waals surface area (Å²) in [5.74, 6) is 0. The van der Waals surface area contributed by atoms with Gasteiger partial charge in [-0.2, -0.15) is 5.10 Å². The van der Waals surface area contributed by atoms with E-state index in [0.29, 0.717) is 5.15 Å². The predicted molar refractivity (Wildman–Crippen MR) is 56.5 cm³/mol. The summed E-state index contributed by atoms with van der Waals surface area (Å²) in [5.41, 5.74) is 0.850. The smallest absolute Gasteiger partial charge is 0.132 e. The number of hydrogen-bond donors (Lipinski definition) is 1. The second-order valence-corrected chi connectivity index (χ2v) is 4.47. The zero-order chi connectivity index (χ0) is 8.72. The Morgan fingerprint density at radius 3 is 2.83 bits per heavy atom. The van der Waals surface area contributed by atoms with Crippen LogP contribution in [-0.2, 0) is 0 Å². The standard InChI is InChI=1S/C7H3Br2ClN2/c8-3-1-4-6(5(9)2-3)11-12-7(4)10/h1-2H,(H,11,12). The molecule has 0 bridgehead atoms. The van der Waals surface area contributed by atoms with Gasteiger partial charge in [-0.15, -0.1) is 0 Å². The molecule has 12 heavy (non-hydrogen) atoms. The molecule has 2 aromatic rings. The molecule has 0 aliphatic heterocycles. The van der Waals surface area contributed by atoms with E-state index >= 15 is 0 Å². The fraction of sp³-hybridized carbons (Fsp3) is 0. The molecule has 1 aromatic heterocycles. The van der Waals surface area contributed by atoms with E-state index in [9.17, 15) is 0 Å². The Morgan fingerprint density at radius 1 is 1.33 bits per heavy atom. The van der Waals surface area contributed by atoms with Crippen molar-refractivity contribution in [3.05, 3.63) is 26.2 Å². The van der Waals surface area contributed by atoms with Crippen LogP contribution in [-0.4, -0.2) is 10.2 Å². The number of nitrogens with zero attached hydrogens (tertiary/aromatic N) is 1. The Kier molecular flexibility index (Phi) is 2.14. The monoisotopic (exact) mass is 308 g/mol. The zero-order valence-corrected chi connectivity index (χ0v) is 9.66. The van der Waals surface area contributed by atoms with Gasteiger partial charge < -0.3 is 0 Å². The summed E-state index contributed by atoms with van der Waals surface area (Å²) in [7, 11) is 0. The van der Waals surface area contributed by atoms with Gasteiger partial charge in [0.05, 0.1) is 0 Å². The number of rotatable bonds is 0. The van der Waals surface area contributed by atoms with Crippen molar-refractivity contribution in [1.82, 2.24) is 10.2 Å². The summed E-state index contributed by atoms with van der Waals surface area (Å²) in [6.07, 6.45) is 0. The van der Waals surface area contributed by atoms with Crippen molar-refractivity contribution in [2.45, 2.75) is 0 Å². The average molecular weight is 310 g/mol. The minimum atomic E-state index is 0.562. The molecule has 0 saturated heterocycles. The van der Waals surface area contributed by atoms with Crippen LogP contribution < -0.4 is 0 Å². The third-order valence-electron chi connectivity index (χ3n) is 1.53. The van der Waals surface area contributed by atoms with Crippen LogP contribution in [0.4, 0.5) is 0 Å². The maximum Gasteiger partial charge on any atom is 0.132 e. The predicted octanol–water partition coefficient (Wildman–Crippen LogP) is 3.74. The van der Waals surface area contributed by atoms with Gasteiger partial charge in [0.2, 0.25) is 0 Å². The van der Waals surface area contributed by atoms with E-state index in [1.54, 1.807) is 0 Å². The molecule has 1 heterocycles. The van der Waals surface area contributed by atoms with Crippen molar-refractivity contribution in [3.63, 3.8) is 0 Å². The van der Waals surface area contributed by atoms with Gasteiger partial charge in [0, 0.05) is 14.3 Å². The lowest BCUT2D eigenvalue weighted by Crippen LogP contribution is -1.72. The maximum atomic E-state index is 5.86. The summed E-state index contributed by atoms with van der Waals surface area (Å²) in [6.45, 7) is 0. The summed E-state index contributed by atoms with van der Waals surface area (Å²) < 4.78 is 1.90. The van der Waals surface area contributed by atoms with Crippen molar-refractivity contribution < 1.29 is 0 Å². The summed E-state index contributed by atoms with van der Waals surface area (Å²) >= 11 is 12.6. The highest BCUT2D eigenvalue weighted by Gasteiger charge is 2.06. The lowest BCUT2D eigenvalue weighted by atomic mass is 10.3. The zero-order valence-electron chi connectivity index (χ0n) is 5.74.